The Hall–Kier alpha value is -4.65. The summed E-state index contributed by atoms with van der Waals surface area (Å²) in [5.74, 6) is -5.75. The summed E-state index contributed by atoms with van der Waals surface area (Å²) in [5, 5.41) is 16.3. The zero-order chi connectivity index (χ0) is 31.6. The molecule has 3 aromatic rings. The number of carbonyl (C=O) groups is 2. The van der Waals surface area contributed by atoms with E-state index in [4.69, 9.17) is 0 Å². The molecule has 0 saturated carbocycles. The van der Waals surface area contributed by atoms with Crippen LogP contribution in [0.3, 0.4) is 0 Å². The molecule has 2 N–H and O–H groups in total. The van der Waals surface area contributed by atoms with Gasteiger partial charge in [0.05, 0.1) is 29.9 Å². The standard InChI is InChI=1S/C31H24F6N4O3/c1-30-11-4-12-41(30)40(15-16-5-2-8-21(33)26(16)34)29(44)25(27(30)42)28(43)39-22-10-9-17(31(35,36)37)13-19(22)18-6-3-7-20(32)24(18)23-14-38-23/h2-3,5-10,13,42H,4,11-12,14-15H2,1H3,(H,39,43). The number of hydrazine groups is 1. The van der Waals surface area contributed by atoms with Crippen LogP contribution in [0.2, 0.25) is 0 Å². The van der Waals surface area contributed by atoms with Crippen molar-refractivity contribution in [3.63, 3.8) is 0 Å². The monoisotopic (exact) mass is 614 g/mol. The fourth-order valence-corrected chi connectivity index (χ4v) is 5.86. The van der Waals surface area contributed by atoms with Crippen molar-refractivity contribution in [2.45, 2.75) is 38.0 Å². The van der Waals surface area contributed by atoms with Crippen LogP contribution in [0, 0.1) is 17.5 Å². The molecule has 1 fully saturated rings. The van der Waals surface area contributed by atoms with E-state index in [0.29, 0.717) is 18.6 Å². The van der Waals surface area contributed by atoms with Crippen molar-refractivity contribution in [2.24, 2.45) is 4.99 Å². The maximum absolute atomic E-state index is 14.9. The highest BCUT2D eigenvalue weighted by Gasteiger charge is 2.52. The molecule has 6 rings (SSSR count). The number of aliphatic hydroxyl groups is 1. The van der Waals surface area contributed by atoms with E-state index in [9.17, 15) is 41.0 Å². The van der Waals surface area contributed by atoms with Crippen LogP contribution < -0.4 is 5.32 Å². The predicted molar refractivity (Wildman–Crippen MR) is 148 cm³/mol. The summed E-state index contributed by atoms with van der Waals surface area (Å²) in [7, 11) is 0. The Labute approximate surface area is 247 Å². The van der Waals surface area contributed by atoms with Gasteiger partial charge in [0.15, 0.2) is 11.6 Å². The summed E-state index contributed by atoms with van der Waals surface area (Å²) in [5.41, 5.74) is -3.22. The molecular weight excluding hydrogens is 590 g/mol. The summed E-state index contributed by atoms with van der Waals surface area (Å²) in [4.78, 5) is 31.5. The first-order valence-electron chi connectivity index (χ1n) is 13.6. The van der Waals surface area contributed by atoms with Crippen molar-refractivity contribution >= 4 is 23.2 Å². The van der Waals surface area contributed by atoms with Gasteiger partial charge in [0.25, 0.3) is 11.8 Å². The van der Waals surface area contributed by atoms with Gasteiger partial charge in [0, 0.05) is 28.9 Å². The van der Waals surface area contributed by atoms with Gasteiger partial charge in [0.2, 0.25) is 0 Å². The lowest BCUT2D eigenvalue weighted by atomic mass is 9.90. The fourth-order valence-electron chi connectivity index (χ4n) is 5.86. The topological polar surface area (TPSA) is 85.2 Å². The van der Waals surface area contributed by atoms with Gasteiger partial charge in [-0.1, -0.05) is 24.3 Å². The molecule has 0 bridgehead atoms. The molecular formula is C31H24F6N4O3. The number of halogens is 6. The maximum atomic E-state index is 14.9. The third-order valence-corrected chi connectivity index (χ3v) is 8.17. The van der Waals surface area contributed by atoms with Gasteiger partial charge in [-0.15, -0.1) is 0 Å². The molecule has 1 atom stereocenters. The van der Waals surface area contributed by atoms with Crippen LogP contribution in [0.1, 0.15) is 36.5 Å². The van der Waals surface area contributed by atoms with E-state index in [1.807, 2.05) is 0 Å². The van der Waals surface area contributed by atoms with Crippen LogP contribution in [0.5, 0.6) is 0 Å². The third kappa shape index (κ3) is 4.90. The fraction of sp³-hybridized carbons (Fsp3) is 0.258. The van der Waals surface area contributed by atoms with Gasteiger partial charge in [-0.05, 0) is 55.7 Å². The summed E-state index contributed by atoms with van der Waals surface area (Å²) < 4.78 is 84.6. The molecule has 1 unspecified atom stereocenters. The normalized spacial score (nSPS) is 20.1. The zero-order valence-corrected chi connectivity index (χ0v) is 23.1. The first-order chi connectivity index (χ1) is 20.8. The Kier molecular flexibility index (Phi) is 7.03. The van der Waals surface area contributed by atoms with E-state index in [1.54, 1.807) is 6.92 Å². The van der Waals surface area contributed by atoms with Gasteiger partial charge in [-0.25, -0.2) is 18.2 Å². The Balaban J connectivity index is 1.42. The Morgan fingerprint density at radius 2 is 1.75 bits per heavy atom. The number of nitrogens with one attached hydrogen (secondary N) is 1. The summed E-state index contributed by atoms with van der Waals surface area (Å²) in [6, 6.07) is 9.77. The molecule has 228 valence electrons. The van der Waals surface area contributed by atoms with E-state index in [1.165, 1.54) is 29.3 Å². The number of aliphatic hydroxyl groups excluding tert-OH is 1. The molecule has 0 aliphatic carbocycles. The van der Waals surface area contributed by atoms with E-state index in [-0.39, 0.29) is 41.0 Å². The molecule has 3 aliphatic heterocycles. The molecule has 3 aliphatic rings. The van der Waals surface area contributed by atoms with Crippen LogP contribution in [-0.4, -0.2) is 51.3 Å². The molecule has 0 spiro atoms. The van der Waals surface area contributed by atoms with Crippen LogP contribution in [0.25, 0.3) is 11.1 Å². The molecule has 13 heteroatoms. The van der Waals surface area contributed by atoms with E-state index in [2.05, 4.69) is 10.3 Å². The zero-order valence-electron chi connectivity index (χ0n) is 23.1. The number of hydrogen-bond acceptors (Lipinski definition) is 5. The van der Waals surface area contributed by atoms with Crippen LogP contribution in [-0.2, 0) is 22.3 Å². The van der Waals surface area contributed by atoms with Gasteiger partial charge in [0.1, 0.15) is 17.1 Å². The van der Waals surface area contributed by atoms with Crippen molar-refractivity contribution in [1.29, 1.82) is 0 Å². The van der Waals surface area contributed by atoms with Crippen LogP contribution >= 0.6 is 0 Å². The van der Waals surface area contributed by atoms with Gasteiger partial charge >= 0.3 is 6.18 Å². The van der Waals surface area contributed by atoms with Crippen molar-refractivity contribution in [1.82, 2.24) is 10.0 Å². The minimum absolute atomic E-state index is 0.0180. The number of fused-ring (bicyclic) bond motifs is 1. The number of aliphatic imine (C=N–C) groups is 1. The summed E-state index contributed by atoms with van der Waals surface area (Å²) >= 11 is 0. The number of amides is 2. The van der Waals surface area contributed by atoms with Crippen molar-refractivity contribution in [3.05, 3.63) is 100 Å². The molecule has 0 radical (unpaired) electrons. The second kappa shape index (κ2) is 10.5. The largest absolute Gasteiger partial charge is 0.509 e. The predicted octanol–water partition coefficient (Wildman–Crippen LogP) is 6.15. The minimum atomic E-state index is -4.77. The van der Waals surface area contributed by atoms with Crippen LogP contribution in [0.4, 0.5) is 32.0 Å². The highest BCUT2D eigenvalue weighted by Crippen LogP contribution is 2.43. The van der Waals surface area contributed by atoms with Gasteiger partial charge in [-0.2, -0.15) is 13.2 Å². The molecule has 2 amide bonds. The average Bonchev–Trinajstić information content (AvgIpc) is 3.73. The second-order valence-electron chi connectivity index (χ2n) is 10.9. The molecule has 3 heterocycles. The molecule has 0 aromatic heterocycles. The number of alkyl halides is 3. The summed E-state index contributed by atoms with van der Waals surface area (Å²) in [6.07, 6.45) is -3.96. The summed E-state index contributed by atoms with van der Waals surface area (Å²) in [6.45, 7) is 1.60. The minimum Gasteiger partial charge on any atom is -0.509 e. The second-order valence-corrected chi connectivity index (χ2v) is 10.9. The maximum Gasteiger partial charge on any atom is 0.416 e. The number of nitrogens with zero attached hydrogens (tertiary/aromatic N) is 3. The Bertz CT molecular complexity index is 1790. The quantitative estimate of drug-likeness (QED) is 0.258. The van der Waals surface area contributed by atoms with Crippen molar-refractivity contribution < 1.29 is 41.0 Å². The Morgan fingerprint density at radius 3 is 2.45 bits per heavy atom. The highest BCUT2D eigenvalue weighted by molar-refractivity contribution is 6.24. The lowest BCUT2D eigenvalue weighted by molar-refractivity contribution is -0.160. The van der Waals surface area contributed by atoms with Gasteiger partial charge in [-0.3, -0.25) is 19.6 Å². The average molecular weight is 615 g/mol. The smallest absolute Gasteiger partial charge is 0.416 e. The molecule has 7 nitrogen and oxygen atoms in total. The van der Waals surface area contributed by atoms with E-state index in [0.717, 1.165) is 35.3 Å². The first kappa shape index (κ1) is 29.4. The van der Waals surface area contributed by atoms with Gasteiger partial charge < -0.3 is 10.4 Å². The lowest BCUT2D eigenvalue weighted by Gasteiger charge is -2.46. The van der Waals surface area contributed by atoms with E-state index < -0.39 is 64.4 Å². The molecule has 1 saturated heterocycles. The number of hydrogen-bond donors (Lipinski definition) is 2. The Morgan fingerprint density at radius 1 is 1.05 bits per heavy atom. The van der Waals surface area contributed by atoms with Crippen molar-refractivity contribution in [3.8, 4) is 11.1 Å². The SMILES string of the molecule is CC12CCCN1N(Cc1cccc(F)c1F)C(=O)C(C(=O)Nc1ccc(C(F)(F)F)cc1-c1cccc(F)c1C1=NC1)=C2O. The third-order valence-electron chi connectivity index (χ3n) is 8.17. The number of rotatable bonds is 6. The highest BCUT2D eigenvalue weighted by atomic mass is 19.4. The number of anilines is 1. The molecule has 44 heavy (non-hydrogen) atoms. The number of carbonyl (C=O) groups excluding carboxylic acids is 2. The van der Waals surface area contributed by atoms with E-state index >= 15 is 0 Å². The van der Waals surface area contributed by atoms with Crippen molar-refractivity contribution in [2.75, 3.05) is 18.4 Å². The first-order valence-corrected chi connectivity index (χ1v) is 13.6. The molecule has 3 aromatic carbocycles. The van der Waals surface area contributed by atoms with Crippen LogP contribution in [0.15, 0.2) is 70.9 Å². The lowest BCUT2D eigenvalue weighted by Crippen LogP contribution is -2.60. The number of benzene rings is 3.